The fourth-order valence-corrected chi connectivity index (χ4v) is 6.50. The van der Waals surface area contributed by atoms with Gasteiger partial charge in [-0.3, -0.25) is 29.8 Å². The Morgan fingerprint density at radius 2 is 1.03 bits per heavy atom. The summed E-state index contributed by atoms with van der Waals surface area (Å²) in [6, 6.07) is -1.14. The molecule has 360 valence electrons. The van der Waals surface area contributed by atoms with E-state index in [0.29, 0.717) is 26.0 Å². The molecule has 0 spiro atoms. The summed E-state index contributed by atoms with van der Waals surface area (Å²) in [6.07, 6.45) is 16.6. The molecule has 0 aromatic rings. The van der Waals surface area contributed by atoms with E-state index >= 15 is 0 Å². The Morgan fingerprint density at radius 3 is 1.48 bits per heavy atom. The second kappa shape index (κ2) is 38.0. The number of aliphatic carboxylic acids is 2. The molecule has 0 saturated carbocycles. The molecule has 4 amide bonds. The van der Waals surface area contributed by atoms with Crippen molar-refractivity contribution in [3.8, 4) is 0 Å². The lowest BCUT2D eigenvalue weighted by Gasteiger charge is -2.45. The Labute approximate surface area is 367 Å². The maximum Gasteiger partial charge on any atom is 0.326 e. The SMILES string of the molecule is NN[C@@]1(CCCCNC(=O)COCCOCCNC(=O)COCCOCCNC(=O)CC[C@H](NC(=O)CCCCCCCCCCCCCCCCC(=O)O)C(=O)O)COC1O. The molecule has 1 fully saturated rings. The monoisotopic (exact) mass is 891 g/mol. The standard InChI is InChI=1S/C42H78N6O14/c43-48-42(33-62-41(42)57)21-15-16-22-44-37(51)31-60-29-28-59-26-24-46-38(52)32-61-30-27-58-25-23-45-35(49)20-19-34(40(55)56)47-36(50)17-13-11-9-7-5-3-1-2-4-6-8-10-12-14-18-39(53)54/h34,41,48,57H,1-33,43H2,(H,44,51)(H,45,49)(H,46,52)(H,47,50)(H,53,54)(H,55,56)/t34-,41?,42-/m0/s1. The predicted molar refractivity (Wildman–Crippen MR) is 228 cm³/mol. The molecular formula is C42H78N6O14. The fourth-order valence-electron chi connectivity index (χ4n) is 6.50. The van der Waals surface area contributed by atoms with E-state index in [0.717, 1.165) is 51.4 Å². The number of nitrogens with one attached hydrogen (secondary N) is 5. The van der Waals surface area contributed by atoms with Crippen LogP contribution in [0.1, 0.15) is 135 Å². The molecule has 0 radical (unpaired) electrons. The summed E-state index contributed by atoms with van der Waals surface area (Å²) < 4.78 is 26.3. The van der Waals surface area contributed by atoms with Crippen LogP contribution in [0, 0.1) is 0 Å². The number of aliphatic hydroxyl groups excluding tert-OH is 1. The van der Waals surface area contributed by atoms with E-state index in [1.807, 2.05) is 0 Å². The summed E-state index contributed by atoms with van der Waals surface area (Å²) in [5, 5.41) is 38.4. The molecule has 10 N–H and O–H groups in total. The van der Waals surface area contributed by atoms with Crippen molar-refractivity contribution >= 4 is 35.6 Å². The Kier molecular flexibility index (Phi) is 34.6. The highest BCUT2D eigenvalue weighted by molar-refractivity contribution is 5.84. The van der Waals surface area contributed by atoms with Gasteiger partial charge in [0.05, 0.1) is 46.2 Å². The van der Waals surface area contributed by atoms with Crippen molar-refractivity contribution < 1.29 is 67.8 Å². The minimum atomic E-state index is -1.18. The highest BCUT2D eigenvalue weighted by atomic mass is 16.6. The number of carbonyl (C=O) groups is 6. The first-order chi connectivity index (χ1) is 30.0. The van der Waals surface area contributed by atoms with E-state index in [2.05, 4.69) is 26.7 Å². The van der Waals surface area contributed by atoms with Gasteiger partial charge in [0.2, 0.25) is 23.6 Å². The number of hydrazine groups is 1. The number of rotatable bonds is 44. The van der Waals surface area contributed by atoms with Crippen molar-refractivity contribution in [2.45, 2.75) is 153 Å². The number of nitrogens with two attached hydrogens (primary N) is 1. The van der Waals surface area contributed by atoms with Gasteiger partial charge in [0.15, 0.2) is 6.29 Å². The molecule has 1 unspecified atom stereocenters. The van der Waals surface area contributed by atoms with E-state index in [1.54, 1.807) is 0 Å². The zero-order chi connectivity index (χ0) is 45.5. The summed E-state index contributed by atoms with van der Waals surface area (Å²) in [6.45, 7) is 2.34. The molecule has 0 aromatic heterocycles. The number of hydrogen-bond acceptors (Lipinski definition) is 14. The number of carboxylic acids is 2. The van der Waals surface area contributed by atoms with E-state index in [1.165, 1.54) is 44.9 Å². The Balaban J connectivity index is 1.89. The number of hydrogen-bond donors (Lipinski definition) is 9. The molecule has 1 rings (SSSR count). The van der Waals surface area contributed by atoms with Crippen LogP contribution in [-0.2, 0) is 52.5 Å². The quantitative estimate of drug-likeness (QED) is 0.0239. The van der Waals surface area contributed by atoms with Gasteiger partial charge in [-0.15, -0.1) is 0 Å². The number of unbranched alkanes of at least 4 members (excludes halogenated alkanes) is 14. The molecule has 1 saturated heterocycles. The highest BCUT2D eigenvalue weighted by Gasteiger charge is 2.46. The van der Waals surface area contributed by atoms with Crippen LogP contribution in [0.5, 0.6) is 0 Å². The highest BCUT2D eigenvalue weighted by Crippen LogP contribution is 2.28. The largest absolute Gasteiger partial charge is 0.481 e. The summed E-state index contributed by atoms with van der Waals surface area (Å²) in [5.74, 6) is 2.34. The third kappa shape index (κ3) is 31.4. The summed E-state index contributed by atoms with van der Waals surface area (Å²) in [4.78, 5) is 70.5. The molecule has 1 aliphatic heterocycles. The van der Waals surface area contributed by atoms with Gasteiger partial charge in [0.1, 0.15) is 24.8 Å². The molecule has 0 bridgehead atoms. The first-order valence-electron chi connectivity index (χ1n) is 22.6. The molecule has 20 heteroatoms. The number of carboxylic acid groups (broad SMARTS) is 2. The number of aliphatic hydroxyl groups is 1. The smallest absolute Gasteiger partial charge is 0.326 e. The molecule has 62 heavy (non-hydrogen) atoms. The van der Waals surface area contributed by atoms with Gasteiger partial charge < -0.3 is 60.3 Å². The van der Waals surface area contributed by atoms with Crippen molar-refractivity contribution in [3.05, 3.63) is 0 Å². The van der Waals surface area contributed by atoms with Gasteiger partial charge in [-0.2, -0.15) is 0 Å². The van der Waals surface area contributed by atoms with Crippen LogP contribution in [-0.4, -0.2) is 148 Å². The second-order valence-electron chi connectivity index (χ2n) is 15.6. The van der Waals surface area contributed by atoms with Crippen LogP contribution in [0.15, 0.2) is 0 Å². The van der Waals surface area contributed by atoms with Crippen molar-refractivity contribution in [2.24, 2.45) is 5.84 Å². The third-order valence-electron chi connectivity index (χ3n) is 10.3. The topological polar surface area (TPSA) is 295 Å². The van der Waals surface area contributed by atoms with E-state index < -0.39 is 29.8 Å². The average molecular weight is 891 g/mol. The molecule has 0 aliphatic carbocycles. The van der Waals surface area contributed by atoms with Crippen molar-refractivity contribution in [1.29, 1.82) is 0 Å². The van der Waals surface area contributed by atoms with E-state index in [-0.39, 0.29) is 115 Å². The van der Waals surface area contributed by atoms with Crippen LogP contribution in [0.4, 0.5) is 0 Å². The van der Waals surface area contributed by atoms with Crippen molar-refractivity contribution in [1.82, 2.24) is 26.7 Å². The lowest BCUT2D eigenvalue weighted by atomic mass is 9.89. The minimum Gasteiger partial charge on any atom is -0.481 e. The van der Waals surface area contributed by atoms with Crippen molar-refractivity contribution in [2.75, 3.05) is 79.1 Å². The average Bonchev–Trinajstić information content (AvgIpc) is 3.24. The maximum absolute atomic E-state index is 12.3. The van der Waals surface area contributed by atoms with Gasteiger partial charge in [-0.05, 0) is 38.5 Å². The van der Waals surface area contributed by atoms with Gasteiger partial charge in [-0.1, -0.05) is 77.0 Å². The van der Waals surface area contributed by atoms with Crippen LogP contribution < -0.4 is 32.5 Å². The number of amides is 4. The normalized spacial score (nSPS) is 16.3. The van der Waals surface area contributed by atoms with Gasteiger partial charge in [0, 0.05) is 38.9 Å². The summed E-state index contributed by atoms with van der Waals surface area (Å²) in [5.41, 5.74) is 1.99. The van der Waals surface area contributed by atoms with E-state index in [4.69, 9.17) is 34.6 Å². The number of ether oxygens (including phenoxy) is 5. The molecular weight excluding hydrogens is 812 g/mol. The Bertz CT molecular complexity index is 1230. The second-order valence-corrected chi connectivity index (χ2v) is 15.6. The first kappa shape index (κ1) is 56.5. The lowest BCUT2D eigenvalue weighted by molar-refractivity contribution is -0.259. The van der Waals surface area contributed by atoms with Crippen LogP contribution in [0.25, 0.3) is 0 Å². The predicted octanol–water partition coefficient (Wildman–Crippen LogP) is 1.80. The molecule has 3 atom stereocenters. The molecule has 0 aromatic carbocycles. The zero-order valence-corrected chi connectivity index (χ0v) is 36.9. The fraction of sp³-hybridized carbons (Fsp3) is 0.857. The van der Waals surface area contributed by atoms with E-state index in [9.17, 15) is 39.0 Å². The van der Waals surface area contributed by atoms with Gasteiger partial charge in [-0.25, -0.2) is 10.2 Å². The molecule has 1 heterocycles. The zero-order valence-electron chi connectivity index (χ0n) is 36.9. The third-order valence-corrected chi connectivity index (χ3v) is 10.3. The lowest BCUT2D eigenvalue weighted by Crippen LogP contribution is -2.69. The number of carbonyl (C=O) groups excluding carboxylic acids is 4. The van der Waals surface area contributed by atoms with Crippen LogP contribution >= 0.6 is 0 Å². The van der Waals surface area contributed by atoms with Gasteiger partial charge in [0.25, 0.3) is 0 Å². The summed E-state index contributed by atoms with van der Waals surface area (Å²) >= 11 is 0. The minimum absolute atomic E-state index is 0.0282. The maximum atomic E-state index is 12.3. The van der Waals surface area contributed by atoms with Crippen LogP contribution in [0.3, 0.4) is 0 Å². The summed E-state index contributed by atoms with van der Waals surface area (Å²) in [7, 11) is 0. The Morgan fingerprint density at radius 1 is 0.565 bits per heavy atom. The molecule has 1 aliphatic rings. The Hall–Kier alpha value is -3.50. The van der Waals surface area contributed by atoms with Crippen molar-refractivity contribution in [3.63, 3.8) is 0 Å². The first-order valence-corrected chi connectivity index (χ1v) is 22.6. The molecule has 20 nitrogen and oxygen atoms in total. The van der Waals surface area contributed by atoms with Gasteiger partial charge >= 0.3 is 11.9 Å². The van der Waals surface area contributed by atoms with Crippen LogP contribution in [0.2, 0.25) is 0 Å².